The fourth-order valence-electron chi connectivity index (χ4n) is 3.76. The van der Waals surface area contributed by atoms with Gasteiger partial charge in [-0.3, -0.25) is 9.69 Å². The van der Waals surface area contributed by atoms with Crippen LogP contribution in [0.3, 0.4) is 0 Å². The number of likely N-dealkylation sites (tertiary alicyclic amines) is 1. The predicted octanol–water partition coefficient (Wildman–Crippen LogP) is 3.68. The van der Waals surface area contributed by atoms with Crippen LogP contribution in [0.2, 0.25) is 10.0 Å². The number of hydrogen-bond acceptors (Lipinski definition) is 2. The smallest absolute Gasteiger partial charge is 0.311 e. The SMILES string of the molecule is O=C(O)[C@@]12CCC[C@H]1CN(Cc1ccc(Cl)c(Cl)c1)C2. The summed E-state index contributed by atoms with van der Waals surface area (Å²) in [4.78, 5) is 13.9. The lowest BCUT2D eigenvalue weighted by molar-refractivity contribution is -0.149. The van der Waals surface area contributed by atoms with Crippen LogP contribution in [0.15, 0.2) is 18.2 Å². The molecule has 0 aromatic heterocycles. The van der Waals surface area contributed by atoms with Gasteiger partial charge in [-0.25, -0.2) is 0 Å². The molecule has 1 heterocycles. The maximum absolute atomic E-state index is 11.6. The van der Waals surface area contributed by atoms with E-state index in [2.05, 4.69) is 4.90 Å². The van der Waals surface area contributed by atoms with Crippen LogP contribution in [-0.4, -0.2) is 29.1 Å². The maximum Gasteiger partial charge on any atom is 0.311 e. The molecule has 108 valence electrons. The molecule has 3 nitrogen and oxygen atoms in total. The summed E-state index contributed by atoms with van der Waals surface area (Å²) < 4.78 is 0. The molecule has 1 saturated heterocycles. The first-order chi connectivity index (χ1) is 9.51. The molecule has 20 heavy (non-hydrogen) atoms. The first-order valence-electron chi connectivity index (χ1n) is 6.91. The van der Waals surface area contributed by atoms with Crippen molar-refractivity contribution < 1.29 is 9.90 Å². The molecule has 5 heteroatoms. The summed E-state index contributed by atoms with van der Waals surface area (Å²) in [6.45, 7) is 2.25. The molecule has 0 radical (unpaired) electrons. The molecule has 1 aromatic carbocycles. The highest BCUT2D eigenvalue weighted by molar-refractivity contribution is 6.42. The monoisotopic (exact) mass is 313 g/mol. The molecule has 1 aliphatic heterocycles. The molecule has 3 rings (SSSR count). The molecule has 2 fully saturated rings. The quantitative estimate of drug-likeness (QED) is 0.925. The van der Waals surface area contributed by atoms with Gasteiger partial charge in [0.05, 0.1) is 15.5 Å². The van der Waals surface area contributed by atoms with E-state index >= 15 is 0 Å². The summed E-state index contributed by atoms with van der Waals surface area (Å²) in [7, 11) is 0. The number of nitrogens with zero attached hydrogens (tertiary/aromatic N) is 1. The zero-order valence-electron chi connectivity index (χ0n) is 11.1. The van der Waals surface area contributed by atoms with Crippen molar-refractivity contribution in [1.29, 1.82) is 0 Å². The van der Waals surface area contributed by atoms with Gasteiger partial charge >= 0.3 is 5.97 Å². The van der Waals surface area contributed by atoms with E-state index < -0.39 is 11.4 Å². The second kappa shape index (κ2) is 5.21. The minimum atomic E-state index is -0.628. The Bertz CT molecular complexity index is 549. The minimum absolute atomic E-state index is 0.294. The van der Waals surface area contributed by atoms with E-state index in [4.69, 9.17) is 23.2 Å². The van der Waals surface area contributed by atoms with E-state index in [0.29, 0.717) is 22.5 Å². The van der Waals surface area contributed by atoms with Crippen LogP contribution in [0.4, 0.5) is 0 Å². The summed E-state index contributed by atoms with van der Waals surface area (Å²) >= 11 is 11.9. The van der Waals surface area contributed by atoms with Gasteiger partial charge in [-0.1, -0.05) is 35.7 Å². The molecule has 1 aromatic rings. The Hall–Kier alpha value is -0.770. The topological polar surface area (TPSA) is 40.5 Å². The predicted molar refractivity (Wildman–Crippen MR) is 79.1 cm³/mol. The summed E-state index contributed by atoms with van der Waals surface area (Å²) in [6, 6.07) is 5.62. The standard InChI is InChI=1S/C15H17Cl2NO2/c16-12-4-3-10(6-13(12)17)7-18-8-11-2-1-5-15(11,9-18)14(19)20/h3-4,6,11H,1-2,5,7-9H2,(H,19,20)/t11-,15+/m0/s1. The second-order valence-electron chi connectivity index (χ2n) is 5.97. The summed E-state index contributed by atoms with van der Waals surface area (Å²) in [5, 5.41) is 10.7. The zero-order chi connectivity index (χ0) is 14.3. The van der Waals surface area contributed by atoms with Gasteiger partial charge in [0.2, 0.25) is 0 Å². The molecular formula is C15H17Cl2NO2. The van der Waals surface area contributed by atoms with E-state index in [1.54, 1.807) is 6.07 Å². The molecule has 1 N–H and O–H groups in total. The highest BCUT2D eigenvalue weighted by Gasteiger charge is 2.54. The average Bonchev–Trinajstić information content (AvgIpc) is 2.91. The molecule has 0 bridgehead atoms. The third-order valence-electron chi connectivity index (χ3n) is 4.76. The Kier molecular flexibility index (Phi) is 3.69. The van der Waals surface area contributed by atoms with Gasteiger partial charge in [0, 0.05) is 19.6 Å². The second-order valence-corrected chi connectivity index (χ2v) is 6.78. The van der Waals surface area contributed by atoms with Crippen molar-refractivity contribution in [2.24, 2.45) is 11.3 Å². The minimum Gasteiger partial charge on any atom is -0.481 e. The van der Waals surface area contributed by atoms with Crippen LogP contribution >= 0.6 is 23.2 Å². The number of rotatable bonds is 3. The van der Waals surface area contributed by atoms with Crippen molar-refractivity contribution in [2.75, 3.05) is 13.1 Å². The number of carboxylic acid groups (broad SMARTS) is 1. The summed E-state index contributed by atoms with van der Waals surface area (Å²) in [5.74, 6) is -0.334. The Balaban J connectivity index is 1.74. The largest absolute Gasteiger partial charge is 0.481 e. The average molecular weight is 314 g/mol. The fourth-order valence-corrected chi connectivity index (χ4v) is 4.08. The first kappa shape index (κ1) is 14.2. The van der Waals surface area contributed by atoms with Crippen molar-refractivity contribution in [1.82, 2.24) is 4.90 Å². The van der Waals surface area contributed by atoms with E-state index in [-0.39, 0.29) is 0 Å². The third-order valence-corrected chi connectivity index (χ3v) is 5.50. The lowest BCUT2D eigenvalue weighted by atomic mass is 9.81. The van der Waals surface area contributed by atoms with Gasteiger partial charge in [-0.15, -0.1) is 0 Å². The van der Waals surface area contributed by atoms with Crippen LogP contribution in [0, 0.1) is 11.3 Å². The lowest BCUT2D eigenvalue weighted by Gasteiger charge is -2.23. The Labute approximate surface area is 128 Å². The molecule has 0 unspecified atom stereocenters. The van der Waals surface area contributed by atoms with Gasteiger partial charge in [0.1, 0.15) is 0 Å². The van der Waals surface area contributed by atoms with Crippen molar-refractivity contribution >= 4 is 29.2 Å². The van der Waals surface area contributed by atoms with Crippen LogP contribution in [0.5, 0.6) is 0 Å². The van der Waals surface area contributed by atoms with Crippen LogP contribution in [0.1, 0.15) is 24.8 Å². The number of carbonyl (C=O) groups is 1. The van der Waals surface area contributed by atoms with Gasteiger partial charge < -0.3 is 5.11 Å². The van der Waals surface area contributed by atoms with E-state index in [0.717, 1.165) is 37.9 Å². The number of carboxylic acids is 1. The van der Waals surface area contributed by atoms with Crippen LogP contribution < -0.4 is 0 Å². The summed E-state index contributed by atoms with van der Waals surface area (Å²) in [5.41, 5.74) is 0.566. The Morgan fingerprint density at radius 2 is 2.20 bits per heavy atom. The molecular weight excluding hydrogens is 297 g/mol. The normalized spacial score (nSPS) is 29.6. The Morgan fingerprint density at radius 3 is 2.85 bits per heavy atom. The van der Waals surface area contributed by atoms with E-state index in [9.17, 15) is 9.90 Å². The fraction of sp³-hybridized carbons (Fsp3) is 0.533. The van der Waals surface area contributed by atoms with E-state index in [1.807, 2.05) is 12.1 Å². The van der Waals surface area contributed by atoms with Crippen LogP contribution in [-0.2, 0) is 11.3 Å². The Morgan fingerprint density at radius 1 is 1.40 bits per heavy atom. The van der Waals surface area contributed by atoms with Gasteiger partial charge in [-0.05, 0) is 36.5 Å². The third kappa shape index (κ3) is 2.32. The van der Waals surface area contributed by atoms with Crippen molar-refractivity contribution in [3.8, 4) is 0 Å². The number of aliphatic carboxylic acids is 1. The maximum atomic E-state index is 11.6. The van der Waals surface area contributed by atoms with Gasteiger partial charge in [0.25, 0.3) is 0 Å². The molecule has 0 spiro atoms. The highest BCUT2D eigenvalue weighted by Crippen LogP contribution is 2.49. The zero-order valence-corrected chi connectivity index (χ0v) is 12.6. The molecule has 2 atom stereocenters. The van der Waals surface area contributed by atoms with Gasteiger partial charge in [0.15, 0.2) is 0 Å². The van der Waals surface area contributed by atoms with Crippen LogP contribution in [0.25, 0.3) is 0 Å². The molecule has 2 aliphatic rings. The number of benzene rings is 1. The number of fused-ring (bicyclic) bond motifs is 1. The highest BCUT2D eigenvalue weighted by atomic mass is 35.5. The molecule has 1 aliphatic carbocycles. The van der Waals surface area contributed by atoms with E-state index in [1.165, 1.54) is 0 Å². The van der Waals surface area contributed by atoms with Crippen molar-refractivity contribution in [3.05, 3.63) is 33.8 Å². The lowest BCUT2D eigenvalue weighted by Crippen LogP contribution is -2.35. The molecule has 0 amide bonds. The van der Waals surface area contributed by atoms with Gasteiger partial charge in [-0.2, -0.15) is 0 Å². The first-order valence-corrected chi connectivity index (χ1v) is 7.66. The van der Waals surface area contributed by atoms with Crippen molar-refractivity contribution in [3.63, 3.8) is 0 Å². The number of hydrogen-bond donors (Lipinski definition) is 1. The molecule has 1 saturated carbocycles. The van der Waals surface area contributed by atoms with Crippen molar-refractivity contribution in [2.45, 2.75) is 25.8 Å². The summed E-state index contributed by atoms with van der Waals surface area (Å²) in [6.07, 6.45) is 2.88. The number of halogens is 2.